The van der Waals surface area contributed by atoms with Crippen LogP contribution >= 0.6 is 13.5 Å². The Kier molecular flexibility index (Phi) is 5.62. The number of likely N-dealkylation sites (N-methyl/N-ethyl adjacent to an activating group) is 1. The zero-order chi connectivity index (χ0) is 11.6. The van der Waals surface area contributed by atoms with Gasteiger partial charge in [0.05, 0.1) is 0 Å². The number of piperazine rings is 1. The molecule has 1 amide bonds. The summed E-state index contributed by atoms with van der Waals surface area (Å²) in [7, 11) is 2.08. The molecule has 4 nitrogen and oxygen atoms in total. The molecule has 0 saturated carbocycles. The Morgan fingerprint density at radius 1 is 1.31 bits per heavy atom. The van der Waals surface area contributed by atoms with Crippen LogP contribution in [0.5, 0.6) is 0 Å². The van der Waals surface area contributed by atoms with Gasteiger partial charge >= 0.3 is 6.09 Å². The minimum Gasteiger partial charge on any atom is -0.444 e. The van der Waals surface area contributed by atoms with Crippen LogP contribution in [0.25, 0.3) is 0 Å². The lowest BCUT2D eigenvalue weighted by atomic mass is 10.2. The molecule has 1 fully saturated rings. The van der Waals surface area contributed by atoms with Crippen molar-refractivity contribution in [1.29, 1.82) is 0 Å². The molecule has 0 aromatic rings. The van der Waals surface area contributed by atoms with E-state index in [9.17, 15) is 4.79 Å². The summed E-state index contributed by atoms with van der Waals surface area (Å²) in [4.78, 5) is 15.8. The zero-order valence-corrected chi connectivity index (χ0v) is 11.9. The minimum atomic E-state index is -0.399. The van der Waals surface area contributed by atoms with Crippen molar-refractivity contribution < 1.29 is 9.53 Å². The van der Waals surface area contributed by atoms with Gasteiger partial charge in [-0.3, -0.25) is 0 Å². The molecular weight excluding hydrogens is 224 g/mol. The number of hydrogen-bond donors (Lipinski definition) is 0. The van der Waals surface area contributed by atoms with Crippen molar-refractivity contribution in [2.75, 3.05) is 26.7 Å². The highest BCUT2D eigenvalue weighted by atomic mass is 32.1. The predicted octanol–water partition coefficient (Wildman–Crippen LogP) is 1.67. The van der Waals surface area contributed by atoms with E-state index in [2.05, 4.69) is 18.9 Å². The van der Waals surface area contributed by atoms with E-state index in [4.69, 9.17) is 4.74 Å². The molecule has 5 heteroatoms. The van der Waals surface area contributed by atoms with Gasteiger partial charge in [-0.15, -0.1) is 0 Å². The van der Waals surface area contributed by atoms with Crippen LogP contribution in [-0.2, 0) is 4.74 Å². The summed E-state index contributed by atoms with van der Waals surface area (Å²) in [5.74, 6) is 0. The molecule has 0 aliphatic carbocycles. The van der Waals surface area contributed by atoms with E-state index in [1.165, 1.54) is 0 Å². The second-order valence-corrected chi connectivity index (χ2v) is 5.26. The van der Waals surface area contributed by atoms with Gasteiger partial charge in [-0.2, -0.15) is 13.5 Å². The van der Waals surface area contributed by atoms with Gasteiger partial charge in [0.2, 0.25) is 0 Å². The van der Waals surface area contributed by atoms with Crippen molar-refractivity contribution in [1.82, 2.24) is 9.80 Å². The van der Waals surface area contributed by atoms with Crippen LogP contribution in [0, 0.1) is 0 Å². The summed E-state index contributed by atoms with van der Waals surface area (Å²) < 4.78 is 5.33. The zero-order valence-electron chi connectivity index (χ0n) is 10.9. The predicted molar refractivity (Wildman–Crippen MR) is 70.3 cm³/mol. The number of amides is 1. The number of ether oxygens (including phenoxy) is 1. The monoisotopic (exact) mass is 248 g/mol. The second kappa shape index (κ2) is 5.77. The molecule has 0 bridgehead atoms. The molecule has 0 aromatic carbocycles. The number of hydrogen-bond acceptors (Lipinski definition) is 3. The maximum absolute atomic E-state index is 11.8. The van der Waals surface area contributed by atoms with Crippen LogP contribution in [0.2, 0.25) is 0 Å². The third kappa shape index (κ3) is 4.61. The number of rotatable bonds is 0. The van der Waals surface area contributed by atoms with Crippen molar-refractivity contribution in [3.05, 3.63) is 0 Å². The lowest BCUT2D eigenvalue weighted by Gasteiger charge is -2.38. The highest BCUT2D eigenvalue weighted by Crippen LogP contribution is 2.13. The highest BCUT2D eigenvalue weighted by Gasteiger charge is 2.27. The van der Waals surface area contributed by atoms with Crippen molar-refractivity contribution in [2.45, 2.75) is 39.3 Å². The molecule has 1 saturated heterocycles. The second-order valence-electron chi connectivity index (χ2n) is 5.26. The van der Waals surface area contributed by atoms with Crippen LogP contribution in [0.3, 0.4) is 0 Å². The minimum absolute atomic E-state index is 0. The summed E-state index contributed by atoms with van der Waals surface area (Å²) in [5, 5.41) is 0. The SMILES string of the molecule is C[C@H]1CN(C(=O)OC(C)(C)C)CCN1C.S. The Balaban J connectivity index is 0.00000225. The molecule has 16 heavy (non-hydrogen) atoms. The van der Waals surface area contributed by atoms with Gasteiger partial charge in [-0.1, -0.05) is 0 Å². The Morgan fingerprint density at radius 3 is 2.31 bits per heavy atom. The molecule has 0 aromatic heterocycles. The number of carbonyl (C=O) groups is 1. The fourth-order valence-corrected chi connectivity index (χ4v) is 1.54. The van der Waals surface area contributed by atoms with E-state index < -0.39 is 5.60 Å². The molecule has 1 aliphatic rings. The van der Waals surface area contributed by atoms with Gasteiger partial charge in [0, 0.05) is 25.7 Å². The molecule has 0 unspecified atom stereocenters. The smallest absolute Gasteiger partial charge is 0.410 e. The van der Waals surface area contributed by atoms with Gasteiger partial charge in [0.1, 0.15) is 5.60 Å². The van der Waals surface area contributed by atoms with Gasteiger partial charge < -0.3 is 14.5 Å². The van der Waals surface area contributed by atoms with Crippen molar-refractivity contribution >= 4 is 19.6 Å². The van der Waals surface area contributed by atoms with Gasteiger partial charge in [0.15, 0.2) is 0 Å². The summed E-state index contributed by atoms with van der Waals surface area (Å²) in [6.07, 6.45) is -0.192. The number of nitrogens with zero attached hydrogens (tertiary/aromatic N) is 2. The van der Waals surface area contributed by atoms with Crippen LogP contribution in [0.1, 0.15) is 27.7 Å². The summed E-state index contributed by atoms with van der Waals surface area (Å²) in [6, 6.07) is 0.409. The molecule has 0 N–H and O–H groups in total. The van der Waals surface area contributed by atoms with Gasteiger partial charge in [0.25, 0.3) is 0 Å². The first-order valence-corrected chi connectivity index (χ1v) is 5.48. The third-order valence-electron chi connectivity index (χ3n) is 2.61. The largest absolute Gasteiger partial charge is 0.444 e. The molecule has 0 radical (unpaired) electrons. The van der Waals surface area contributed by atoms with Gasteiger partial charge in [-0.25, -0.2) is 4.79 Å². The number of carbonyl (C=O) groups excluding carboxylic acids is 1. The first kappa shape index (κ1) is 15.6. The molecule has 96 valence electrons. The average Bonchev–Trinajstić information content (AvgIpc) is 2.06. The van der Waals surface area contributed by atoms with Crippen molar-refractivity contribution in [3.8, 4) is 0 Å². The quantitative estimate of drug-likeness (QED) is 0.654. The Labute approximate surface area is 105 Å². The first-order chi connectivity index (χ1) is 6.79. The lowest BCUT2D eigenvalue weighted by Crippen LogP contribution is -2.52. The summed E-state index contributed by atoms with van der Waals surface area (Å²) in [5.41, 5.74) is -0.399. The maximum atomic E-state index is 11.8. The molecule has 1 rings (SSSR count). The Morgan fingerprint density at radius 2 is 1.88 bits per heavy atom. The van der Waals surface area contributed by atoms with E-state index in [-0.39, 0.29) is 19.6 Å². The summed E-state index contributed by atoms with van der Waals surface area (Å²) in [6.45, 7) is 10.2. The molecule has 0 spiro atoms. The summed E-state index contributed by atoms with van der Waals surface area (Å²) >= 11 is 0. The van der Waals surface area contributed by atoms with Crippen molar-refractivity contribution in [3.63, 3.8) is 0 Å². The van der Waals surface area contributed by atoms with Crippen molar-refractivity contribution in [2.24, 2.45) is 0 Å². The van der Waals surface area contributed by atoms with Crippen LogP contribution in [0.4, 0.5) is 4.79 Å². The highest BCUT2D eigenvalue weighted by molar-refractivity contribution is 7.59. The molecule has 1 atom stereocenters. The normalized spacial score (nSPS) is 22.6. The van der Waals surface area contributed by atoms with E-state index in [0.717, 1.165) is 19.6 Å². The van der Waals surface area contributed by atoms with Crippen LogP contribution < -0.4 is 0 Å². The molecular formula is C11H24N2O2S. The Hall–Kier alpha value is -0.420. The van der Waals surface area contributed by atoms with Crippen LogP contribution in [-0.4, -0.2) is 54.2 Å². The fraction of sp³-hybridized carbons (Fsp3) is 0.909. The van der Waals surface area contributed by atoms with E-state index in [1.54, 1.807) is 4.90 Å². The topological polar surface area (TPSA) is 32.8 Å². The Bertz CT molecular complexity index is 241. The maximum Gasteiger partial charge on any atom is 0.410 e. The standard InChI is InChI=1S/C11H22N2O2.H2S/c1-9-8-13(7-6-12(9)5)10(14)15-11(2,3)4;/h9H,6-8H2,1-5H3;1H2/t9-;/m0./s1. The molecule has 1 aliphatic heterocycles. The fourth-order valence-electron chi connectivity index (χ4n) is 1.54. The van der Waals surface area contributed by atoms with E-state index in [1.807, 2.05) is 20.8 Å². The van der Waals surface area contributed by atoms with Crippen LogP contribution in [0.15, 0.2) is 0 Å². The average molecular weight is 248 g/mol. The van der Waals surface area contributed by atoms with Gasteiger partial charge in [-0.05, 0) is 34.7 Å². The van der Waals surface area contributed by atoms with E-state index >= 15 is 0 Å². The lowest BCUT2D eigenvalue weighted by molar-refractivity contribution is 0.00930. The van der Waals surface area contributed by atoms with E-state index in [0.29, 0.717) is 6.04 Å². The molecule has 1 heterocycles. The third-order valence-corrected chi connectivity index (χ3v) is 2.61. The first-order valence-electron chi connectivity index (χ1n) is 5.48.